The van der Waals surface area contributed by atoms with Crippen molar-refractivity contribution in [2.75, 3.05) is 4.72 Å². The van der Waals surface area contributed by atoms with E-state index in [-0.39, 0.29) is 29.6 Å². The summed E-state index contributed by atoms with van der Waals surface area (Å²) in [5.74, 6) is 0. The van der Waals surface area contributed by atoms with E-state index in [1.165, 1.54) is 6.07 Å². The Kier molecular flexibility index (Phi) is 5.70. The quantitative estimate of drug-likeness (QED) is 0.482. The Labute approximate surface area is 106 Å². The number of aryl methyl sites for hydroxylation is 1. The van der Waals surface area contributed by atoms with Gasteiger partial charge in [-0.05, 0) is 24.1 Å². The first kappa shape index (κ1) is 13.9. The second-order valence-electron chi connectivity index (χ2n) is 2.61. The monoisotopic (exact) mass is 223 g/mol. The van der Waals surface area contributed by atoms with Gasteiger partial charge < -0.3 is 4.55 Å². The van der Waals surface area contributed by atoms with Crippen molar-refractivity contribution < 1.29 is 42.5 Å². The molecule has 0 fully saturated rings. The molecule has 0 saturated carbocycles. The van der Waals surface area contributed by atoms with E-state index in [1.807, 2.05) is 17.7 Å². The standard InChI is InChI=1S/C8H11NO3S.Na/c1-2-7-4-3-5-8(6-7)9-13(10,11)12;/h3-6,9H,2H2,1H3,(H,10,11,12);/q;+1/p-1. The van der Waals surface area contributed by atoms with E-state index in [1.54, 1.807) is 12.1 Å². The molecule has 1 aromatic rings. The van der Waals surface area contributed by atoms with Crippen LogP contribution in [0.4, 0.5) is 5.69 Å². The van der Waals surface area contributed by atoms with Gasteiger partial charge in [-0.2, -0.15) is 0 Å². The summed E-state index contributed by atoms with van der Waals surface area (Å²) in [5.41, 5.74) is 1.29. The maximum Gasteiger partial charge on any atom is 1.00 e. The van der Waals surface area contributed by atoms with Gasteiger partial charge >= 0.3 is 29.6 Å². The van der Waals surface area contributed by atoms with Crippen molar-refractivity contribution in [3.05, 3.63) is 29.8 Å². The zero-order valence-corrected chi connectivity index (χ0v) is 11.0. The van der Waals surface area contributed by atoms with Crippen molar-refractivity contribution in [2.45, 2.75) is 13.3 Å². The molecule has 1 N–H and O–H groups in total. The molecule has 0 saturated heterocycles. The molecular formula is C8H10NNaO3S. The van der Waals surface area contributed by atoms with Gasteiger partial charge in [0.05, 0.1) is 0 Å². The molecule has 1 aromatic carbocycles. The van der Waals surface area contributed by atoms with Gasteiger partial charge in [0.25, 0.3) is 0 Å². The Hall–Kier alpha value is -0.0700. The van der Waals surface area contributed by atoms with Gasteiger partial charge in [0.1, 0.15) is 0 Å². The molecule has 14 heavy (non-hydrogen) atoms. The molecule has 1 rings (SSSR count). The molecule has 6 heteroatoms. The molecule has 0 heterocycles. The van der Waals surface area contributed by atoms with Crippen LogP contribution in [0.25, 0.3) is 0 Å². The fraction of sp³-hybridized carbons (Fsp3) is 0.250. The third kappa shape index (κ3) is 4.97. The molecule has 0 amide bonds. The van der Waals surface area contributed by atoms with Crippen LogP contribution >= 0.6 is 0 Å². The van der Waals surface area contributed by atoms with E-state index >= 15 is 0 Å². The fourth-order valence-electron chi connectivity index (χ4n) is 0.999. The van der Waals surface area contributed by atoms with Gasteiger partial charge in [0, 0.05) is 5.69 Å². The molecule has 0 unspecified atom stereocenters. The van der Waals surface area contributed by atoms with Crippen molar-refractivity contribution in [2.24, 2.45) is 0 Å². The van der Waals surface area contributed by atoms with E-state index in [4.69, 9.17) is 0 Å². The van der Waals surface area contributed by atoms with Crippen molar-refractivity contribution in [3.63, 3.8) is 0 Å². The SMILES string of the molecule is CCc1cccc(NS(=O)(=O)[O-])c1.[Na+]. The largest absolute Gasteiger partial charge is 1.00 e. The Morgan fingerprint density at radius 2 is 2.07 bits per heavy atom. The summed E-state index contributed by atoms with van der Waals surface area (Å²) in [5, 5.41) is 0. The van der Waals surface area contributed by atoms with Gasteiger partial charge in [0.2, 0.25) is 0 Å². The van der Waals surface area contributed by atoms with Crippen LogP contribution in [0.2, 0.25) is 0 Å². The molecule has 0 spiro atoms. The van der Waals surface area contributed by atoms with Crippen LogP contribution in [0.15, 0.2) is 24.3 Å². The number of rotatable bonds is 3. The van der Waals surface area contributed by atoms with Crippen molar-refractivity contribution in [1.82, 2.24) is 0 Å². The Morgan fingerprint density at radius 3 is 2.57 bits per heavy atom. The van der Waals surface area contributed by atoms with E-state index in [0.717, 1.165) is 12.0 Å². The molecular weight excluding hydrogens is 213 g/mol. The summed E-state index contributed by atoms with van der Waals surface area (Å²) >= 11 is 0. The fourth-order valence-corrected chi connectivity index (χ4v) is 1.41. The van der Waals surface area contributed by atoms with Crippen LogP contribution in [0, 0.1) is 0 Å². The second kappa shape index (κ2) is 5.72. The Balaban J connectivity index is 0.00000169. The van der Waals surface area contributed by atoms with Crippen LogP contribution < -0.4 is 34.3 Å². The normalized spacial score (nSPS) is 10.4. The molecule has 0 aliphatic rings. The summed E-state index contributed by atoms with van der Waals surface area (Å²) in [6, 6.07) is 6.74. The van der Waals surface area contributed by atoms with E-state index in [0.29, 0.717) is 5.69 Å². The zero-order chi connectivity index (χ0) is 9.90. The predicted molar refractivity (Wildman–Crippen MR) is 49.1 cm³/mol. The van der Waals surface area contributed by atoms with Crippen molar-refractivity contribution >= 4 is 16.0 Å². The molecule has 0 aliphatic heterocycles. The van der Waals surface area contributed by atoms with Gasteiger partial charge in [-0.25, -0.2) is 8.42 Å². The van der Waals surface area contributed by atoms with Crippen LogP contribution in [0.3, 0.4) is 0 Å². The molecule has 4 nitrogen and oxygen atoms in total. The Bertz CT molecular complexity index is 391. The van der Waals surface area contributed by atoms with Crippen LogP contribution in [0.1, 0.15) is 12.5 Å². The molecule has 0 aliphatic carbocycles. The van der Waals surface area contributed by atoms with Gasteiger partial charge in [-0.1, -0.05) is 19.1 Å². The van der Waals surface area contributed by atoms with Gasteiger partial charge in [0.15, 0.2) is 10.3 Å². The average Bonchev–Trinajstić information content (AvgIpc) is 2.01. The molecule has 0 atom stereocenters. The number of anilines is 1. The molecule has 0 bridgehead atoms. The minimum Gasteiger partial charge on any atom is -0.731 e. The first-order valence-electron chi connectivity index (χ1n) is 3.84. The summed E-state index contributed by atoms with van der Waals surface area (Å²) in [4.78, 5) is 0. The molecule has 72 valence electrons. The summed E-state index contributed by atoms with van der Waals surface area (Å²) in [7, 11) is -4.40. The average molecular weight is 223 g/mol. The number of hydrogen-bond donors (Lipinski definition) is 1. The predicted octanol–water partition coefficient (Wildman–Crippen LogP) is -1.87. The second-order valence-corrected chi connectivity index (χ2v) is 3.72. The first-order valence-corrected chi connectivity index (χ1v) is 5.24. The van der Waals surface area contributed by atoms with E-state index in [9.17, 15) is 13.0 Å². The van der Waals surface area contributed by atoms with Crippen LogP contribution in [-0.2, 0) is 16.7 Å². The minimum absolute atomic E-state index is 0. The van der Waals surface area contributed by atoms with Crippen LogP contribution in [0.5, 0.6) is 0 Å². The van der Waals surface area contributed by atoms with E-state index in [2.05, 4.69) is 0 Å². The van der Waals surface area contributed by atoms with Crippen molar-refractivity contribution in [1.29, 1.82) is 0 Å². The summed E-state index contributed by atoms with van der Waals surface area (Å²) < 4.78 is 32.9. The van der Waals surface area contributed by atoms with Crippen molar-refractivity contribution in [3.8, 4) is 0 Å². The summed E-state index contributed by atoms with van der Waals surface area (Å²) in [6.07, 6.45) is 0.800. The topological polar surface area (TPSA) is 69.2 Å². The Morgan fingerprint density at radius 1 is 1.43 bits per heavy atom. The molecule has 0 aromatic heterocycles. The minimum atomic E-state index is -4.40. The van der Waals surface area contributed by atoms with Gasteiger partial charge in [-0.15, -0.1) is 0 Å². The maximum atomic E-state index is 10.3. The smallest absolute Gasteiger partial charge is 0.731 e. The third-order valence-electron chi connectivity index (χ3n) is 1.58. The third-order valence-corrected chi connectivity index (χ3v) is 2.06. The number of hydrogen-bond acceptors (Lipinski definition) is 3. The maximum absolute atomic E-state index is 10.3. The molecule has 0 radical (unpaired) electrons. The number of nitrogens with one attached hydrogen (secondary N) is 1. The van der Waals surface area contributed by atoms with Gasteiger partial charge in [-0.3, -0.25) is 4.72 Å². The first-order chi connectivity index (χ1) is 6.01. The summed E-state index contributed by atoms with van der Waals surface area (Å²) in [6.45, 7) is 1.95. The zero-order valence-electron chi connectivity index (χ0n) is 8.15. The van der Waals surface area contributed by atoms with E-state index < -0.39 is 10.3 Å². The van der Waals surface area contributed by atoms with Crippen LogP contribution in [-0.4, -0.2) is 13.0 Å². The number of benzene rings is 1.